The molecule has 0 spiro atoms. The number of aromatic nitrogens is 3. The number of carbonyl (C=O) groups is 1. The third-order valence-corrected chi connectivity index (χ3v) is 6.64. The van der Waals surface area contributed by atoms with Crippen LogP contribution in [0.3, 0.4) is 0 Å². The SMILES string of the molecule is C[C@@H]1CC(Oc2cc3nc(C4CCOCC4)cn3cc2NC(=O)c2cccc(C(F)F)n2)C[C@H](C)O1. The van der Waals surface area contributed by atoms with E-state index in [9.17, 15) is 13.6 Å². The summed E-state index contributed by atoms with van der Waals surface area (Å²) in [5.41, 5.74) is 1.54. The van der Waals surface area contributed by atoms with Gasteiger partial charge in [0.15, 0.2) is 0 Å². The van der Waals surface area contributed by atoms with Crippen LogP contribution in [-0.2, 0) is 9.47 Å². The van der Waals surface area contributed by atoms with E-state index in [4.69, 9.17) is 19.2 Å². The van der Waals surface area contributed by atoms with Gasteiger partial charge in [-0.25, -0.2) is 18.7 Å². The van der Waals surface area contributed by atoms with Crippen LogP contribution in [0.1, 0.15) is 73.8 Å². The smallest absolute Gasteiger partial charge is 0.280 e. The molecule has 0 radical (unpaired) electrons. The van der Waals surface area contributed by atoms with Gasteiger partial charge in [0.25, 0.3) is 12.3 Å². The second-order valence-corrected chi connectivity index (χ2v) is 9.54. The summed E-state index contributed by atoms with van der Waals surface area (Å²) in [6, 6.07) is 5.80. The first-order valence-electron chi connectivity index (χ1n) is 12.3. The van der Waals surface area contributed by atoms with Gasteiger partial charge < -0.3 is 23.9 Å². The molecule has 10 heteroatoms. The van der Waals surface area contributed by atoms with E-state index in [0.717, 1.165) is 18.5 Å². The molecular formula is C26H30F2N4O4. The first kappa shape index (κ1) is 24.6. The van der Waals surface area contributed by atoms with E-state index in [1.807, 2.05) is 30.5 Å². The summed E-state index contributed by atoms with van der Waals surface area (Å²) >= 11 is 0. The summed E-state index contributed by atoms with van der Waals surface area (Å²) < 4.78 is 45.8. The Kier molecular flexibility index (Phi) is 7.15. The quantitative estimate of drug-likeness (QED) is 0.504. The molecular weight excluding hydrogens is 470 g/mol. The van der Waals surface area contributed by atoms with Gasteiger partial charge in [-0.05, 0) is 38.8 Å². The van der Waals surface area contributed by atoms with Crippen molar-refractivity contribution in [3.05, 3.63) is 53.7 Å². The van der Waals surface area contributed by atoms with Gasteiger partial charge in [0, 0.05) is 50.4 Å². The van der Waals surface area contributed by atoms with Crippen molar-refractivity contribution in [2.24, 2.45) is 0 Å². The molecule has 2 aliphatic heterocycles. The van der Waals surface area contributed by atoms with Crippen LogP contribution in [0.15, 0.2) is 36.7 Å². The molecule has 2 saturated heterocycles. The van der Waals surface area contributed by atoms with Crippen molar-refractivity contribution in [2.45, 2.75) is 70.2 Å². The van der Waals surface area contributed by atoms with Crippen LogP contribution in [-0.4, -0.2) is 51.8 Å². The first-order chi connectivity index (χ1) is 17.4. The van der Waals surface area contributed by atoms with Crippen molar-refractivity contribution in [1.82, 2.24) is 14.4 Å². The van der Waals surface area contributed by atoms with E-state index in [0.29, 0.717) is 49.1 Å². The minimum absolute atomic E-state index is 0.0494. The fourth-order valence-electron chi connectivity index (χ4n) is 4.92. The van der Waals surface area contributed by atoms with Crippen molar-refractivity contribution in [3.8, 4) is 5.75 Å². The zero-order valence-corrected chi connectivity index (χ0v) is 20.3. The normalized spacial score (nSPS) is 23.2. The molecule has 1 amide bonds. The standard InChI is InChI=1S/C26H30F2N4O4/c1-15-10-18(11-16(2)35-15)36-23-12-24-30-21(17-6-8-34-9-7-17)13-32(24)14-22(23)31-26(33)20-5-3-4-19(29-20)25(27)28/h3-5,12-18,25H,6-11H2,1-2H3,(H,31,33)/t15-,16+,18?. The second kappa shape index (κ2) is 10.5. The molecule has 3 aromatic rings. The highest BCUT2D eigenvalue weighted by molar-refractivity contribution is 6.03. The van der Waals surface area contributed by atoms with Crippen LogP contribution in [0, 0.1) is 0 Å². The lowest BCUT2D eigenvalue weighted by Gasteiger charge is -2.32. The van der Waals surface area contributed by atoms with E-state index in [-0.39, 0.29) is 24.0 Å². The Morgan fingerprint density at radius 2 is 1.89 bits per heavy atom. The zero-order chi connectivity index (χ0) is 25.2. The fourth-order valence-corrected chi connectivity index (χ4v) is 4.92. The van der Waals surface area contributed by atoms with Crippen LogP contribution >= 0.6 is 0 Å². The number of hydrogen-bond acceptors (Lipinski definition) is 6. The number of ether oxygens (including phenoxy) is 3. The lowest BCUT2D eigenvalue weighted by molar-refractivity contribution is -0.0720. The molecule has 0 bridgehead atoms. The van der Waals surface area contributed by atoms with Crippen LogP contribution in [0.4, 0.5) is 14.5 Å². The molecule has 1 N–H and O–H groups in total. The highest BCUT2D eigenvalue weighted by Gasteiger charge is 2.27. The van der Waals surface area contributed by atoms with Gasteiger partial charge in [0.05, 0.1) is 17.9 Å². The molecule has 8 nitrogen and oxygen atoms in total. The highest BCUT2D eigenvalue weighted by Crippen LogP contribution is 2.33. The third-order valence-electron chi connectivity index (χ3n) is 6.64. The number of fused-ring (bicyclic) bond motifs is 1. The maximum Gasteiger partial charge on any atom is 0.280 e. The Balaban J connectivity index is 1.47. The molecule has 2 aliphatic rings. The monoisotopic (exact) mass is 500 g/mol. The predicted molar refractivity (Wildman–Crippen MR) is 129 cm³/mol. The molecule has 2 fully saturated rings. The number of rotatable bonds is 6. The largest absolute Gasteiger partial charge is 0.488 e. The number of halogens is 2. The number of alkyl halides is 2. The van der Waals surface area contributed by atoms with Crippen molar-refractivity contribution >= 4 is 17.2 Å². The van der Waals surface area contributed by atoms with Crippen LogP contribution < -0.4 is 10.1 Å². The molecule has 0 aliphatic carbocycles. The number of anilines is 1. The number of nitrogens with zero attached hydrogens (tertiary/aromatic N) is 3. The van der Waals surface area contributed by atoms with Crippen LogP contribution in [0.5, 0.6) is 5.75 Å². The molecule has 0 saturated carbocycles. The third kappa shape index (κ3) is 5.49. The van der Waals surface area contributed by atoms with Gasteiger partial charge in [-0.3, -0.25) is 4.79 Å². The van der Waals surface area contributed by atoms with Crippen LogP contribution in [0.25, 0.3) is 5.65 Å². The Hall–Kier alpha value is -3.11. The maximum atomic E-state index is 13.1. The lowest BCUT2D eigenvalue weighted by atomic mass is 9.97. The van der Waals surface area contributed by atoms with E-state index in [1.54, 1.807) is 6.20 Å². The average Bonchev–Trinajstić information content (AvgIpc) is 3.27. The summed E-state index contributed by atoms with van der Waals surface area (Å²) in [4.78, 5) is 21.6. The lowest BCUT2D eigenvalue weighted by Crippen LogP contribution is -2.35. The molecule has 3 atom stereocenters. The van der Waals surface area contributed by atoms with Crippen molar-refractivity contribution < 1.29 is 27.8 Å². The number of pyridine rings is 2. The van der Waals surface area contributed by atoms with E-state index in [2.05, 4.69) is 10.3 Å². The van der Waals surface area contributed by atoms with Gasteiger partial charge in [-0.1, -0.05) is 6.07 Å². The van der Waals surface area contributed by atoms with Gasteiger partial charge in [-0.15, -0.1) is 0 Å². The Morgan fingerprint density at radius 1 is 1.14 bits per heavy atom. The Labute approximate surface area is 208 Å². The predicted octanol–water partition coefficient (Wildman–Crippen LogP) is 5.15. The molecule has 5 heterocycles. The number of imidazole rings is 1. The number of nitrogens with one attached hydrogen (secondary N) is 1. The second-order valence-electron chi connectivity index (χ2n) is 9.54. The summed E-state index contributed by atoms with van der Waals surface area (Å²) in [6.45, 7) is 5.43. The number of amides is 1. The topological polar surface area (TPSA) is 87.0 Å². The van der Waals surface area contributed by atoms with E-state index >= 15 is 0 Å². The Morgan fingerprint density at radius 3 is 2.61 bits per heavy atom. The summed E-state index contributed by atoms with van der Waals surface area (Å²) in [5.74, 6) is 0.177. The summed E-state index contributed by atoms with van der Waals surface area (Å²) in [5, 5.41) is 2.81. The van der Waals surface area contributed by atoms with Gasteiger partial charge in [-0.2, -0.15) is 0 Å². The van der Waals surface area contributed by atoms with E-state index in [1.165, 1.54) is 18.2 Å². The van der Waals surface area contributed by atoms with Crippen LogP contribution in [0.2, 0.25) is 0 Å². The van der Waals surface area contributed by atoms with Crippen molar-refractivity contribution in [2.75, 3.05) is 18.5 Å². The minimum atomic E-state index is -2.76. The maximum absolute atomic E-state index is 13.1. The van der Waals surface area contributed by atoms with Crippen molar-refractivity contribution in [1.29, 1.82) is 0 Å². The van der Waals surface area contributed by atoms with Gasteiger partial charge in [0.2, 0.25) is 0 Å². The van der Waals surface area contributed by atoms with Gasteiger partial charge in [0.1, 0.15) is 34.6 Å². The molecule has 5 rings (SSSR count). The molecule has 1 unspecified atom stereocenters. The molecule has 0 aromatic carbocycles. The average molecular weight is 501 g/mol. The molecule has 36 heavy (non-hydrogen) atoms. The number of hydrogen-bond donors (Lipinski definition) is 1. The highest BCUT2D eigenvalue weighted by atomic mass is 19.3. The summed E-state index contributed by atoms with van der Waals surface area (Å²) in [7, 11) is 0. The fraction of sp³-hybridized carbons (Fsp3) is 0.500. The molecule has 3 aromatic heterocycles. The zero-order valence-electron chi connectivity index (χ0n) is 20.3. The number of carbonyl (C=O) groups excluding carboxylic acids is 1. The Bertz CT molecular complexity index is 1220. The molecule has 192 valence electrons. The van der Waals surface area contributed by atoms with Crippen molar-refractivity contribution in [3.63, 3.8) is 0 Å². The van der Waals surface area contributed by atoms with E-state index < -0.39 is 18.0 Å². The van der Waals surface area contributed by atoms with Gasteiger partial charge >= 0.3 is 0 Å². The summed E-state index contributed by atoms with van der Waals surface area (Å²) in [6.07, 6.45) is 4.17. The first-order valence-corrected chi connectivity index (χ1v) is 12.3. The minimum Gasteiger partial charge on any atom is -0.488 e.